The summed E-state index contributed by atoms with van der Waals surface area (Å²) in [5.74, 6) is 0.00619. The maximum Gasteiger partial charge on any atom is 0.410 e. The number of rotatable bonds is 1. The maximum atomic E-state index is 12.6. The highest BCUT2D eigenvalue weighted by Crippen LogP contribution is 2.32. The molecule has 126 valence electrons. The highest BCUT2D eigenvalue weighted by molar-refractivity contribution is 5.92. The van der Waals surface area contributed by atoms with E-state index in [0.29, 0.717) is 18.8 Å². The van der Waals surface area contributed by atoms with Crippen molar-refractivity contribution in [2.75, 3.05) is 13.1 Å². The lowest BCUT2D eigenvalue weighted by Gasteiger charge is -2.31. The summed E-state index contributed by atoms with van der Waals surface area (Å²) in [4.78, 5) is 31.8. The minimum absolute atomic E-state index is 0.00619. The smallest absolute Gasteiger partial charge is 0.410 e. The van der Waals surface area contributed by atoms with Gasteiger partial charge in [0.1, 0.15) is 11.3 Å². The van der Waals surface area contributed by atoms with Gasteiger partial charge in [-0.1, -0.05) is 0 Å². The zero-order valence-corrected chi connectivity index (χ0v) is 14.0. The summed E-state index contributed by atoms with van der Waals surface area (Å²) in [7, 11) is 0. The summed E-state index contributed by atoms with van der Waals surface area (Å²) in [6.45, 7) is 6.90. The number of H-pyrrole nitrogens is 1. The normalized spacial score (nSPS) is 24.5. The predicted octanol–water partition coefficient (Wildman–Crippen LogP) is 2.63. The molecule has 23 heavy (non-hydrogen) atoms. The summed E-state index contributed by atoms with van der Waals surface area (Å²) in [6, 6.07) is 3.84. The average Bonchev–Trinajstić information content (AvgIpc) is 3.03. The summed E-state index contributed by atoms with van der Waals surface area (Å²) in [5, 5.41) is 0. The average molecular weight is 319 g/mol. The van der Waals surface area contributed by atoms with Gasteiger partial charge in [0.2, 0.25) is 0 Å². The van der Waals surface area contributed by atoms with Crippen LogP contribution in [0.25, 0.3) is 0 Å². The number of nitrogens with one attached hydrogen (secondary N) is 1. The Kier molecular flexibility index (Phi) is 4.08. The van der Waals surface area contributed by atoms with Crippen LogP contribution in [0.3, 0.4) is 0 Å². The van der Waals surface area contributed by atoms with Crippen LogP contribution in [0.2, 0.25) is 0 Å². The van der Waals surface area contributed by atoms with Gasteiger partial charge < -0.3 is 19.5 Å². The van der Waals surface area contributed by atoms with E-state index in [1.165, 1.54) is 0 Å². The molecule has 0 radical (unpaired) electrons. The fourth-order valence-electron chi connectivity index (χ4n) is 3.51. The lowest BCUT2D eigenvalue weighted by molar-refractivity contribution is 0.0151. The monoisotopic (exact) mass is 319 g/mol. The minimum atomic E-state index is -0.497. The van der Waals surface area contributed by atoms with E-state index in [-0.39, 0.29) is 24.1 Å². The molecule has 6 nitrogen and oxygen atoms in total. The van der Waals surface area contributed by atoms with Gasteiger partial charge in [-0.3, -0.25) is 4.79 Å². The summed E-state index contributed by atoms with van der Waals surface area (Å²) in [6.07, 6.45) is 4.23. The molecule has 1 aromatic heterocycles. The molecule has 2 amide bonds. The Morgan fingerprint density at radius 2 is 1.96 bits per heavy atom. The highest BCUT2D eigenvalue weighted by Gasteiger charge is 2.42. The third kappa shape index (κ3) is 3.35. The molecule has 6 heteroatoms. The second kappa shape index (κ2) is 5.91. The molecule has 1 N–H and O–H groups in total. The molecule has 3 rings (SSSR count). The van der Waals surface area contributed by atoms with E-state index in [0.717, 1.165) is 19.3 Å². The zero-order valence-electron chi connectivity index (χ0n) is 14.0. The molecular formula is C17H25N3O3. The number of hydrogen-bond donors (Lipinski definition) is 1. The molecule has 2 bridgehead atoms. The van der Waals surface area contributed by atoms with Crippen LogP contribution in [-0.2, 0) is 4.74 Å². The second-order valence-electron chi connectivity index (χ2n) is 7.40. The number of aromatic nitrogens is 1. The van der Waals surface area contributed by atoms with Crippen molar-refractivity contribution in [3.05, 3.63) is 24.0 Å². The van der Waals surface area contributed by atoms with E-state index < -0.39 is 5.60 Å². The van der Waals surface area contributed by atoms with Crippen LogP contribution < -0.4 is 0 Å². The van der Waals surface area contributed by atoms with Crippen LogP contribution in [0.5, 0.6) is 0 Å². The van der Waals surface area contributed by atoms with Crippen LogP contribution in [0.4, 0.5) is 4.79 Å². The largest absolute Gasteiger partial charge is 0.444 e. The molecule has 0 aliphatic carbocycles. The lowest BCUT2D eigenvalue weighted by Crippen LogP contribution is -2.46. The van der Waals surface area contributed by atoms with Crippen LogP contribution in [0.1, 0.15) is 50.5 Å². The molecule has 1 aromatic rings. The predicted molar refractivity (Wildman–Crippen MR) is 86.2 cm³/mol. The standard InChI is InChI=1S/C17H25N3O3/c1-17(2,3)23-16(22)20-12-6-7-13(20)11-19(10-8-12)15(21)14-5-4-9-18-14/h4-5,9,12-13,18H,6-8,10-11H2,1-3H3/t12-,13-/m0/s1. The van der Waals surface area contributed by atoms with Gasteiger partial charge in [-0.05, 0) is 52.2 Å². The topological polar surface area (TPSA) is 65.6 Å². The van der Waals surface area contributed by atoms with Gasteiger partial charge in [-0.2, -0.15) is 0 Å². The molecule has 2 fully saturated rings. The number of nitrogens with zero attached hydrogens (tertiary/aromatic N) is 2. The van der Waals surface area contributed by atoms with Crippen molar-refractivity contribution in [2.45, 2.75) is 57.7 Å². The van der Waals surface area contributed by atoms with Crippen molar-refractivity contribution in [3.8, 4) is 0 Å². The number of ether oxygens (including phenoxy) is 1. The van der Waals surface area contributed by atoms with E-state index in [1.807, 2.05) is 36.6 Å². The maximum absolute atomic E-state index is 12.6. The molecule has 2 aliphatic heterocycles. The van der Waals surface area contributed by atoms with E-state index >= 15 is 0 Å². The number of carbonyl (C=O) groups excluding carboxylic acids is 2. The Morgan fingerprint density at radius 1 is 1.22 bits per heavy atom. The molecule has 0 spiro atoms. The summed E-state index contributed by atoms with van der Waals surface area (Å²) < 4.78 is 5.56. The quantitative estimate of drug-likeness (QED) is 0.865. The SMILES string of the molecule is CC(C)(C)OC(=O)N1[C@H]2CC[C@H]1CN(C(=O)c1ccc[nH]1)CC2. The third-order valence-corrected chi connectivity index (χ3v) is 4.50. The van der Waals surface area contributed by atoms with Crippen LogP contribution >= 0.6 is 0 Å². The number of hydrogen-bond acceptors (Lipinski definition) is 3. The highest BCUT2D eigenvalue weighted by atomic mass is 16.6. The van der Waals surface area contributed by atoms with Crippen LogP contribution in [0.15, 0.2) is 18.3 Å². The second-order valence-corrected chi connectivity index (χ2v) is 7.40. The molecule has 0 aromatic carbocycles. The number of amides is 2. The van der Waals surface area contributed by atoms with Crippen LogP contribution in [-0.4, -0.2) is 57.6 Å². The Morgan fingerprint density at radius 3 is 2.61 bits per heavy atom. The molecule has 2 saturated heterocycles. The van der Waals surface area contributed by atoms with Crippen molar-refractivity contribution < 1.29 is 14.3 Å². The Bertz CT molecular complexity index is 576. The first-order valence-corrected chi connectivity index (χ1v) is 8.29. The summed E-state index contributed by atoms with van der Waals surface area (Å²) in [5.41, 5.74) is 0.106. The summed E-state index contributed by atoms with van der Waals surface area (Å²) >= 11 is 0. The van der Waals surface area contributed by atoms with Gasteiger partial charge in [-0.25, -0.2) is 4.79 Å². The number of aromatic amines is 1. The Hall–Kier alpha value is -1.98. The number of fused-ring (bicyclic) bond motifs is 2. The third-order valence-electron chi connectivity index (χ3n) is 4.50. The Labute approximate surface area is 136 Å². The fourth-order valence-corrected chi connectivity index (χ4v) is 3.51. The van der Waals surface area contributed by atoms with Crippen molar-refractivity contribution in [1.29, 1.82) is 0 Å². The molecule has 0 saturated carbocycles. The first-order valence-electron chi connectivity index (χ1n) is 8.29. The molecule has 2 aliphatic rings. The van der Waals surface area contributed by atoms with Crippen LogP contribution in [0, 0.1) is 0 Å². The number of likely N-dealkylation sites (tertiary alicyclic amines) is 1. The van der Waals surface area contributed by atoms with Crippen molar-refractivity contribution in [1.82, 2.24) is 14.8 Å². The van der Waals surface area contributed by atoms with Gasteiger partial charge in [0.05, 0.1) is 6.04 Å². The van der Waals surface area contributed by atoms with Gasteiger partial charge in [0.25, 0.3) is 5.91 Å². The fraction of sp³-hybridized carbons (Fsp3) is 0.647. The minimum Gasteiger partial charge on any atom is -0.444 e. The first kappa shape index (κ1) is 15.9. The van der Waals surface area contributed by atoms with Gasteiger partial charge in [-0.15, -0.1) is 0 Å². The lowest BCUT2D eigenvalue weighted by atomic mass is 10.1. The molecular weight excluding hydrogens is 294 g/mol. The van der Waals surface area contributed by atoms with E-state index in [4.69, 9.17) is 4.74 Å². The molecule has 3 heterocycles. The zero-order chi connectivity index (χ0) is 16.6. The van der Waals surface area contributed by atoms with Gasteiger partial charge in [0, 0.05) is 25.3 Å². The van der Waals surface area contributed by atoms with Gasteiger partial charge in [0.15, 0.2) is 0 Å². The first-order chi connectivity index (χ1) is 10.8. The molecule has 0 unspecified atom stereocenters. The van der Waals surface area contributed by atoms with E-state index in [9.17, 15) is 9.59 Å². The van der Waals surface area contributed by atoms with Crippen molar-refractivity contribution in [3.63, 3.8) is 0 Å². The van der Waals surface area contributed by atoms with E-state index in [1.54, 1.807) is 12.3 Å². The molecule has 2 atom stereocenters. The number of carbonyl (C=O) groups is 2. The Balaban J connectivity index is 1.72. The van der Waals surface area contributed by atoms with Gasteiger partial charge >= 0.3 is 6.09 Å². The van der Waals surface area contributed by atoms with E-state index in [2.05, 4.69) is 4.98 Å². The van der Waals surface area contributed by atoms with Crippen molar-refractivity contribution >= 4 is 12.0 Å². The van der Waals surface area contributed by atoms with Crippen molar-refractivity contribution in [2.24, 2.45) is 0 Å².